The van der Waals surface area contributed by atoms with Crippen LogP contribution in [0.15, 0.2) is 41.3 Å². The van der Waals surface area contributed by atoms with E-state index in [0.29, 0.717) is 5.39 Å². The summed E-state index contributed by atoms with van der Waals surface area (Å²) in [5.41, 5.74) is 0.835. The summed E-state index contributed by atoms with van der Waals surface area (Å²) in [6.45, 7) is 0. The van der Waals surface area contributed by atoms with Crippen molar-refractivity contribution in [1.29, 1.82) is 0 Å². The first-order valence-corrected chi connectivity index (χ1v) is 7.36. The Balaban J connectivity index is 2.96. The molecule has 0 heterocycles. The Labute approximate surface area is 105 Å². The topological polar surface area (TPSA) is 37.4 Å². The molecule has 2 rings (SSSR count). The average Bonchev–Trinajstić information content (AvgIpc) is 2.26. The molecule has 0 aliphatic carbocycles. The fourth-order valence-electron chi connectivity index (χ4n) is 1.86. The molecule has 0 bridgehead atoms. The van der Waals surface area contributed by atoms with E-state index in [9.17, 15) is 8.42 Å². The van der Waals surface area contributed by atoms with E-state index in [2.05, 4.69) is 0 Å². The lowest BCUT2D eigenvalue weighted by Gasteiger charge is -2.16. The molecule has 0 unspecified atom stereocenters. The van der Waals surface area contributed by atoms with Gasteiger partial charge in [-0.15, -0.1) is 0 Å². The first kappa shape index (κ1) is 12.2. The molecule has 17 heavy (non-hydrogen) atoms. The molecule has 0 aliphatic rings. The molecule has 0 spiro atoms. The van der Waals surface area contributed by atoms with E-state index < -0.39 is 9.05 Å². The summed E-state index contributed by atoms with van der Waals surface area (Å²) in [6, 6.07) is 10.7. The van der Waals surface area contributed by atoms with E-state index in [0.717, 1.165) is 11.1 Å². The molecule has 0 saturated carbocycles. The molecule has 5 heteroatoms. The normalized spacial score (nSPS) is 11.7. The van der Waals surface area contributed by atoms with Crippen LogP contribution in [0.2, 0.25) is 0 Å². The van der Waals surface area contributed by atoms with Crippen LogP contribution in [-0.2, 0) is 9.05 Å². The van der Waals surface area contributed by atoms with Gasteiger partial charge in [0, 0.05) is 35.9 Å². The lowest BCUT2D eigenvalue weighted by molar-refractivity contribution is 0.610. The third kappa shape index (κ3) is 2.23. The number of hydrogen-bond donors (Lipinski definition) is 0. The minimum atomic E-state index is -3.74. The van der Waals surface area contributed by atoms with Crippen LogP contribution in [0.4, 0.5) is 5.69 Å². The molecule has 0 atom stereocenters. The standard InChI is InChI=1S/C12H12ClNO2S/c1-14(2)10-7-3-5-9-6-4-8-11(12(9)10)17(13,15)16/h3-8H,1-2H3. The van der Waals surface area contributed by atoms with Crippen LogP contribution < -0.4 is 4.90 Å². The monoisotopic (exact) mass is 269 g/mol. The number of fused-ring (bicyclic) bond motifs is 1. The highest BCUT2D eigenvalue weighted by molar-refractivity contribution is 8.14. The van der Waals surface area contributed by atoms with Crippen molar-refractivity contribution in [3.8, 4) is 0 Å². The molecular formula is C12H12ClNO2S. The summed E-state index contributed by atoms with van der Waals surface area (Å²) in [5.74, 6) is 0. The van der Waals surface area contributed by atoms with Crippen LogP contribution in [-0.4, -0.2) is 22.5 Å². The lowest BCUT2D eigenvalue weighted by atomic mass is 10.1. The number of anilines is 1. The summed E-state index contributed by atoms with van der Waals surface area (Å²) in [7, 11) is 5.46. The first-order chi connectivity index (χ1) is 7.91. The van der Waals surface area contributed by atoms with Crippen LogP contribution in [0, 0.1) is 0 Å². The smallest absolute Gasteiger partial charge is 0.262 e. The van der Waals surface area contributed by atoms with Gasteiger partial charge in [0.15, 0.2) is 0 Å². The van der Waals surface area contributed by atoms with Gasteiger partial charge in [-0.1, -0.05) is 24.3 Å². The average molecular weight is 270 g/mol. The number of hydrogen-bond acceptors (Lipinski definition) is 3. The van der Waals surface area contributed by atoms with Crippen molar-refractivity contribution < 1.29 is 8.42 Å². The van der Waals surface area contributed by atoms with Gasteiger partial charge in [0.2, 0.25) is 0 Å². The minimum absolute atomic E-state index is 0.154. The van der Waals surface area contributed by atoms with Crippen LogP contribution in [0.1, 0.15) is 0 Å². The van der Waals surface area contributed by atoms with Gasteiger partial charge in [0.1, 0.15) is 0 Å². The molecule has 0 aromatic heterocycles. The van der Waals surface area contributed by atoms with Gasteiger partial charge in [-0.25, -0.2) is 8.42 Å². The Morgan fingerprint density at radius 2 is 1.65 bits per heavy atom. The zero-order chi connectivity index (χ0) is 12.6. The summed E-state index contributed by atoms with van der Waals surface area (Å²) >= 11 is 0. The molecule has 0 saturated heterocycles. The Bertz CT molecular complexity index is 660. The van der Waals surface area contributed by atoms with Gasteiger partial charge in [0.05, 0.1) is 4.90 Å². The fraction of sp³-hybridized carbons (Fsp3) is 0.167. The fourth-order valence-corrected chi connectivity index (χ4v) is 2.96. The van der Waals surface area contributed by atoms with E-state index in [1.54, 1.807) is 6.07 Å². The lowest BCUT2D eigenvalue weighted by Crippen LogP contribution is -2.10. The number of benzene rings is 2. The van der Waals surface area contributed by atoms with Gasteiger partial charge < -0.3 is 4.90 Å². The van der Waals surface area contributed by atoms with Crippen molar-refractivity contribution in [1.82, 2.24) is 0 Å². The summed E-state index contributed by atoms with van der Waals surface area (Å²) in [6.07, 6.45) is 0. The van der Waals surface area contributed by atoms with Crippen molar-refractivity contribution in [2.45, 2.75) is 4.90 Å². The maximum absolute atomic E-state index is 11.6. The van der Waals surface area contributed by atoms with Crippen molar-refractivity contribution in [2.24, 2.45) is 0 Å². The molecule has 0 N–H and O–H groups in total. The highest BCUT2D eigenvalue weighted by Crippen LogP contribution is 2.32. The Kier molecular flexibility index (Phi) is 3.02. The SMILES string of the molecule is CN(C)c1cccc2cccc(S(=O)(=O)Cl)c12. The van der Waals surface area contributed by atoms with E-state index >= 15 is 0 Å². The zero-order valence-electron chi connectivity index (χ0n) is 9.51. The molecule has 0 fully saturated rings. The van der Waals surface area contributed by atoms with Crippen molar-refractivity contribution in [3.05, 3.63) is 36.4 Å². The summed E-state index contributed by atoms with van der Waals surface area (Å²) in [5, 5.41) is 1.52. The third-order valence-electron chi connectivity index (χ3n) is 2.59. The minimum Gasteiger partial charge on any atom is -0.377 e. The highest BCUT2D eigenvalue weighted by atomic mass is 35.7. The van der Waals surface area contributed by atoms with Crippen molar-refractivity contribution in [2.75, 3.05) is 19.0 Å². The predicted octanol–water partition coefficient (Wildman–Crippen LogP) is 2.83. The Hall–Kier alpha value is -1.26. The second kappa shape index (κ2) is 4.20. The van der Waals surface area contributed by atoms with E-state index in [4.69, 9.17) is 10.7 Å². The van der Waals surface area contributed by atoms with E-state index in [1.807, 2.05) is 43.3 Å². The van der Waals surface area contributed by atoms with Crippen LogP contribution in [0.3, 0.4) is 0 Å². The van der Waals surface area contributed by atoms with Crippen LogP contribution >= 0.6 is 10.7 Å². The number of nitrogens with zero attached hydrogens (tertiary/aromatic N) is 1. The quantitative estimate of drug-likeness (QED) is 0.787. The maximum atomic E-state index is 11.6. The maximum Gasteiger partial charge on any atom is 0.262 e. The van der Waals surface area contributed by atoms with E-state index in [-0.39, 0.29) is 4.90 Å². The summed E-state index contributed by atoms with van der Waals surface area (Å²) < 4.78 is 23.1. The number of halogens is 1. The van der Waals surface area contributed by atoms with Gasteiger partial charge in [-0.3, -0.25) is 0 Å². The van der Waals surface area contributed by atoms with Crippen LogP contribution in [0.25, 0.3) is 10.8 Å². The van der Waals surface area contributed by atoms with Crippen molar-refractivity contribution in [3.63, 3.8) is 0 Å². The molecule has 90 valence electrons. The van der Waals surface area contributed by atoms with Gasteiger partial charge in [-0.2, -0.15) is 0 Å². The predicted molar refractivity (Wildman–Crippen MR) is 71.3 cm³/mol. The van der Waals surface area contributed by atoms with Crippen molar-refractivity contribution >= 4 is 36.2 Å². The summed E-state index contributed by atoms with van der Waals surface area (Å²) in [4.78, 5) is 2.02. The third-order valence-corrected chi connectivity index (χ3v) is 3.95. The molecular weight excluding hydrogens is 258 g/mol. The molecule has 3 nitrogen and oxygen atoms in total. The van der Waals surface area contributed by atoms with Crippen LogP contribution in [0.5, 0.6) is 0 Å². The highest BCUT2D eigenvalue weighted by Gasteiger charge is 2.16. The van der Waals surface area contributed by atoms with Gasteiger partial charge in [-0.05, 0) is 17.5 Å². The second-order valence-corrected chi connectivity index (χ2v) is 6.50. The molecule has 0 radical (unpaired) electrons. The Morgan fingerprint density at radius 3 is 2.18 bits per heavy atom. The largest absolute Gasteiger partial charge is 0.377 e. The zero-order valence-corrected chi connectivity index (χ0v) is 11.1. The number of rotatable bonds is 2. The van der Waals surface area contributed by atoms with Gasteiger partial charge in [0.25, 0.3) is 9.05 Å². The first-order valence-electron chi connectivity index (χ1n) is 5.05. The molecule has 0 aliphatic heterocycles. The molecule has 2 aromatic rings. The van der Waals surface area contributed by atoms with E-state index in [1.165, 1.54) is 6.07 Å². The molecule has 2 aromatic carbocycles. The molecule has 0 amide bonds. The Morgan fingerprint density at radius 1 is 1.06 bits per heavy atom. The van der Waals surface area contributed by atoms with Gasteiger partial charge >= 0.3 is 0 Å². The second-order valence-electron chi connectivity index (χ2n) is 3.96.